The number of benzene rings is 3. The predicted molar refractivity (Wildman–Crippen MR) is 113 cm³/mol. The van der Waals surface area contributed by atoms with E-state index in [4.69, 9.17) is 0 Å². The molecule has 0 aromatic heterocycles. The highest BCUT2D eigenvalue weighted by Gasteiger charge is 2.18. The maximum atomic E-state index is 14.1. The van der Waals surface area contributed by atoms with Crippen molar-refractivity contribution in [2.45, 2.75) is 33.7 Å². The van der Waals surface area contributed by atoms with E-state index in [9.17, 15) is 8.78 Å². The summed E-state index contributed by atoms with van der Waals surface area (Å²) in [6, 6.07) is 20.4. The zero-order valence-electron chi connectivity index (χ0n) is 16.7. The maximum absolute atomic E-state index is 14.1. The molecule has 3 aromatic carbocycles. The smallest absolute Gasteiger partial charge is 0.135 e. The van der Waals surface area contributed by atoms with Crippen molar-refractivity contribution < 1.29 is 8.78 Å². The Morgan fingerprint density at radius 1 is 0.786 bits per heavy atom. The Morgan fingerprint density at radius 3 is 1.79 bits per heavy atom. The molecule has 0 radical (unpaired) electrons. The highest BCUT2D eigenvalue weighted by atomic mass is 19.1. The van der Waals surface area contributed by atoms with Gasteiger partial charge in [0.2, 0.25) is 0 Å². The molecule has 0 saturated carbocycles. The van der Waals surface area contributed by atoms with E-state index in [1.54, 1.807) is 6.92 Å². The van der Waals surface area contributed by atoms with Crippen LogP contribution in [-0.4, -0.2) is 5.71 Å². The first-order valence-electron chi connectivity index (χ1n) is 9.52. The van der Waals surface area contributed by atoms with Crippen molar-refractivity contribution in [1.29, 1.82) is 0 Å². The Bertz CT molecular complexity index is 950. The number of halogens is 2. The molecule has 3 aromatic rings. The number of hydrogen-bond acceptors (Lipinski definition) is 1. The molecule has 0 aliphatic rings. The molecule has 3 rings (SSSR count). The summed E-state index contributed by atoms with van der Waals surface area (Å²) in [5, 5.41) is 0. The lowest BCUT2D eigenvalue weighted by molar-refractivity contribution is 0.515. The molecule has 0 bridgehead atoms. The van der Waals surface area contributed by atoms with Gasteiger partial charge in [-0.25, -0.2) is 8.78 Å². The molecule has 3 heteroatoms. The largest absolute Gasteiger partial charge is 0.281 e. The molecule has 1 atom stereocenters. The van der Waals surface area contributed by atoms with Crippen LogP contribution < -0.4 is 0 Å². The van der Waals surface area contributed by atoms with E-state index in [-0.39, 0.29) is 17.5 Å². The average Bonchev–Trinajstić information content (AvgIpc) is 2.66. The highest BCUT2D eigenvalue weighted by Crippen LogP contribution is 2.30. The molecular formula is C25H25F2N. The van der Waals surface area contributed by atoms with Crippen LogP contribution in [0.25, 0.3) is 11.1 Å². The molecule has 0 aliphatic carbocycles. The molecular weight excluding hydrogens is 352 g/mol. The third-order valence-electron chi connectivity index (χ3n) is 4.93. The quantitative estimate of drug-likeness (QED) is 0.419. The first kappa shape index (κ1) is 19.9. The van der Waals surface area contributed by atoms with Crippen molar-refractivity contribution in [3.8, 4) is 11.1 Å². The molecule has 1 nitrogen and oxygen atoms in total. The van der Waals surface area contributed by atoms with E-state index in [0.717, 1.165) is 16.7 Å². The Morgan fingerprint density at radius 2 is 1.29 bits per heavy atom. The fourth-order valence-corrected chi connectivity index (χ4v) is 3.34. The lowest BCUT2D eigenvalue weighted by Crippen LogP contribution is -2.10. The lowest BCUT2D eigenvalue weighted by Gasteiger charge is -2.19. The van der Waals surface area contributed by atoms with Gasteiger partial charge in [0.25, 0.3) is 0 Å². The molecule has 0 aliphatic heterocycles. The van der Waals surface area contributed by atoms with Crippen LogP contribution in [0, 0.1) is 24.5 Å². The Labute approximate surface area is 165 Å². The Balaban J connectivity index is 1.93. The second kappa shape index (κ2) is 8.47. The molecule has 28 heavy (non-hydrogen) atoms. The van der Waals surface area contributed by atoms with E-state index < -0.39 is 11.6 Å². The topological polar surface area (TPSA) is 12.4 Å². The Kier molecular flexibility index (Phi) is 6.03. The monoisotopic (exact) mass is 377 g/mol. The fraction of sp³-hybridized carbons (Fsp3) is 0.240. The van der Waals surface area contributed by atoms with Crippen LogP contribution >= 0.6 is 0 Å². The van der Waals surface area contributed by atoms with Crippen LogP contribution in [0.5, 0.6) is 0 Å². The highest BCUT2D eigenvalue weighted by molar-refractivity contribution is 5.99. The van der Waals surface area contributed by atoms with Crippen LogP contribution in [-0.2, 0) is 0 Å². The zero-order chi connectivity index (χ0) is 20.3. The van der Waals surface area contributed by atoms with Gasteiger partial charge in [0, 0.05) is 5.71 Å². The molecule has 0 saturated heterocycles. The van der Waals surface area contributed by atoms with Crippen molar-refractivity contribution in [2.75, 3.05) is 0 Å². The van der Waals surface area contributed by atoms with Gasteiger partial charge >= 0.3 is 0 Å². The minimum Gasteiger partial charge on any atom is -0.281 e. The average molecular weight is 377 g/mol. The van der Waals surface area contributed by atoms with Gasteiger partial charge in [0.1, 0.15) is 11.6 Å². The van der Waals surface area contributed by atoms with E-state index in [1.165, 1.54) is 23.8 Å². The van der Waals surface area contributed by atoms with E-state index in [0.29, 0.717) is 5.71 Å². The second-order valence-corrected chi connectivity index (χ2v) is 7.49. The van der Waals surface area contributed by atoms with E-state index >= 15 is 0 Å². The summed E-state index contributed by atoms with van der Waals surface area (Å²) in [5.74, 6) is -0.980. The summed E-state index contributed by atoms with van der Waals surface area (Å²) in [4.78, 5) is 4.69. The number of rotatable bonds is 5. The minimum atomic E-state index is -0.585. The van der Waals surface area contributed by atoms with Crippen LogP contribution in [0.4, 0.5) is 8.78 Å². The molecule has 0 spiro atoms. The molecule has 0 amide bonds. The molecule has 0 unspecified atom stereocenters. The number of aryl methyl sites for hydroxylation is 1. The van der Waals surface area contributed by atoms with Crippen molar-refractivity contribution in [2.24, 2.45) is 10.9 Å². The minimum absolute atomic E-state index is 0.0515. The summed E-state index contributed by atoms with van der Waals surface area (Å²) in [7, 11) is 0. The SMILES string of the molecule is CC(=N[C@@H](c1ccc(-c2ccc(C)cc2)cc1)C(C)C)c1c(F)cccc1F. The van der Waals surface area contributed by atoms with E-state index in [1.807, 2.05) is 12.1 Å². The number of hydrogen-bond donors (Lipinski definition) is 0. The maximum Gasteiger partial charge on any atom is 0.135 e. The van der Waals surface area contributed by atoms with Crippen LogP contribution in [0.3, 0.4) is 0 Å². The summed E-state index contributed by atoms with van der Waals surface area (Å²) < 4.78 is 28.2. The van der Waals surface area contributed by atoms with Crippen molar-refractivity contribution >= 4 is 5.71 Å². The van der Waals surface area contributed by atoms with Gasteiger partial charge in [-0.2, -0.15) is 0 Å². The third-order valence-corrected chi connectivity index (χ3v) is 4.93. The first-order valence-corrected chi connectivity index (χ1v) is 9.52. The zero-order valence-corrected chi connectivity index (χ0v) is 16.7. The normalized spacial score (nSPS) is 13.0. The van der Waals surface area contributed by atoms with Gasteiger partial charge in [-0.05, 0) is 48.6 Å². The van der Waals surface area contributed by atoms with Crippen LogP contribution in [0.2, 0.25) is 0 Å². The molecule has 0 heterocycles. The standard InChI is InChI=1S/C25H25F2N/c1-16(2)25(28-18(4)24-22(26)6-5-7-23(24)27)21-14-12-20(13-15-21)19-10-8-17(3)9-11-19/h5-16,25H,1-4H3/t25-/m1/s1. The Hall–Kier alpha value is -2.81. The van der Waals surface area contributed by atoms with Gasteiger partial charge in [0.05, 0.1) is 11.6 Å². The van der Waals surface area contributed by atoms with Gasteiger partial charge in [0.15, 0.2) is 0 Å². The fourth-order valence-electron chi connectivity index (χ4n) is 3.34. The predicted octanol–water partition coefficient (Wildman–Crippen LogP) is 7.15. The van der Waals surface area contributed by atoms with Gasteiger partial charge in [-0.3, -0.25) is 4.99 Å². The van der Waals surface area contributed by atoms with Crippen LogP contribution in [0.15, 0.2) is 71.7 Å². The third kappa shape index (κ3) is 4.36. The summed E-state index contributed by atoms with van der Waals surface area (Å²) in [5.41, 5.74) is 4.87. The molecule has 0 fully saturated rings. The van der Waals surface area contributed by atoms with Crippen molar-refractivity contribution in [3.05, 3.63) is 95.1 Å². The number of aliphatic imine (C=N–C) groups is 1. The van der Waals surface area contributed by atoms with Crippen molar-refractivity contribution in [1.82, 2.24) is 0 Å². The van der Waals surface area contributed by atoms with Gasteiger partial charge in [-0.15, -0.1) is 0 Å². The number of nitrogens with zero attached hydrogens (tertiary/aromatic N) is 1. The van der Waals surface area contributed by atoms with Crippen molar-refractivity contribution in [3.63, 3.8) is 0 Å². The summed E-state index contributed by atoms with van der Waals surface area (Å²) >= 11 is 0. The lowest BCUT2D eigenvalue weighted by atomic mass is 9.94. The second-order valence-electron chi connectivity index (χ2n) is 7.49. The molecule has 0 N–H and O–H groups in total. The molecule has 144 valence electrons. The first-order chi connectivity index (χ1) is 13.4. The summed E-state index contributed by atoms with van der Waals surface area (Å²) in [6.07, 6.45) is 0. The summed E-state index contributed by atoms with van der Waals surface area (Å²) in [6.45, 7) is 7.86. The van der Waals surface area contributed by atoms with E-state index in [2.05, 4.69) is 62.2 Å². The van der Waals surface area contributed by atoms with Gasteiger partial charge in [-0.1, -0.05) is 74.0 Å². The van der Waals surface area contributed by atoms with Gasteiger partial charge < -0.3 is 0 Å². The van der Waals surface area contributed by atoms with Crippen LogP contribution in [0.1, 0.15) is 43.5 Å².